The maximum Gasteiger partial charge on any atom is 0.180 e. The molecule has 0 unspecified atom stereocenters. The summed E-state index contributed by atoms with van der Waals surface area (Å²) in [6.45, 7) is 12.1. The fraction of sp³-hybridized carbons (Fsp3) is 0.455. The highest BCUT2D eigenvalue weighted by Gasteiger charge is 2.28. The molecular formula is C22H26N4O2. The molecular weight excluding hydrogens is 352 g/mol. The normalized spacial score (nSPS) is 15.0. The van der Waals surface area contributed by atoms with Crippen molar-refractivity contribution in [3.8, 4) is 11.1 Å². The molecule has 0 N–H and O–H groups in total. The van der Waals surface area contributed by atoms with Gasteiger partial charge in [0.1, 0.15) is 11.5 Å². The SMILES string of the molecule is CC(=O)c1nn(CC(C)(C)C)c2c(C3COC3)cc(-c3cnc(C)nc3)cc12. The standard InChI is InChI=1S/C22H26N4O2/c1-13(27)20-19-7-15(16-8-23-14(2)24-9-16)6-18(17-10-28-11-17)21(19)26(25-20)12-22(3,4)5/h6-9,17H,10-12H2,1-5H3. The van der Waals surface area contributed by atoms with Gasteiger partial charge in [-0.25, -0.2) is 9.97 Å². The summed E-state index contributed by atoms with van der Waals surface area (Å²) in [4.78, 5) is 21.0. The van der Waals surface area contributed by atoms with Crippen molar-refractivity contribution in [2.24, 2.45) is 5.41 Å². The number of ketones is 1. The highest BCUT2D eigenvalue weighted by Crippen LogP contribution is 2.37. The molecule has 0 amide bonds. The smallest absolute Gasteiger partial charge is 0.180 e. The minimum absolute atomic E-state index is 0.0224. The van der Waals surface area contributed by atoms with Crippen molar-refractivity contribution in [2.45, 2.75) is 47.1 Å². The number of nitrogens with zero attached hydrogens (tertiary/aromatic N) is 4. The van der Waals surface area contributed by atoms with Gasteiger partial charge < -0.3 is 4.74 Å². The maximum absolute atomic E-state index is 12.4. The predicted octanol–water partition coefficient (Wildman–Crippen LogP) is 4.16. The van der Waals surface area contributed by atoms with Crippen LogP contribution in [0.15, 0.2) is 24.5 Å². The first-order chi connectivity index (χ1) is 13.2. The van der Waals surface area contributed by atoms with Gasteiger partial charge in [-0.05, 0) is 35.6 Å². The van der Waals surface area contributed by atoms with Crippen molar-refractivity contribution in [1.29, 1.82) is 0 Å². The number of hydrogen-bond acceptors (Lipinski definition) is 5. The van der Waals surface area contributed by atoms with E-state index in [2.05, 4.69) is 42.9 Å². The van der Waals surface area contributed by atoms with Crippen LogP contribution in [0.2, 0.25) is 0 Å². The number of ether oxygens (including phenoxy) is 1. The molecule has 0 spiro atoms. The van der Waals surface area contributed by atoms with Crippen LogP contribution >= 0.6 is 0 Å². The van der Waals surface area contributed by atoms with Gasteiger partial charge >= 0.3 is 0 Å². The summed E-state index contributed by atoms with van der Waals surface area (Å²) < 4.78 is 7.48. The Labute approximate surface area is 165 Å². The van der Waals surface area contributed by atoms with Crippen LogP contribution < -0.4 is 0 Å². The third-order valence-corrected chi connectivity index (χ3v) is 5.02. The molecule has 1 fully saturated rings. The number of benzene rings is 1. The number of carbonyl (C=O) groups excluding carboxylic acids is 1. The first kappa shape index (κ1) is 18.7. The molecule has 6 nitrogen and oxygen atoms in total. The zero-order valence-corrected chi connectivity index (χ0v) is 17.1. The van der Waals surface area contributed by atoms with E-state index in [1.165, 1.54) is 5.56 Å². The van der Waals surface area contributed by atoms with Gasteiger partial charge in [-0.2, -0.15) is 5.10 Å². The molecule has 4 rings (SSSR count). The Morgan fingerprint density at radius 3 is 2.39 bits per heavy atom. The van der Waals surface area contributed by atoms with Crippen molar-refractivity contribution < 1.29 is 9.53 Å². The van der Waals surface area contributed by atoms with Gasteiger partial charge in [0.05, 0.1) is 18.7 Å². The molecule has 28 heavy (non-hydrogen) atoms. The van der Waals surface area contributed by atoms with Gasteiger partial charge in [-0.1, -0.05) is 20.8 Å². The van der Waals surface area contributed by atoms with E-state index < -0.39 is 0 Å². The third kappa shape index (κ3) is 3.44. The van der Waals surface area contributed by atoms with Gasteiger partial charge in [0.2, 0.25) is 0 Å². The topological polar surface area (TPSA) is 69.9 Å². The molecule has 3 aromatic rings. The Hall–Kier alpha value is -2.60. The Balaban J connectivity index is 1.98. The van der Waals surface area contributed by atoms with Gasteiger partial charge in [-0.15, -0.1) is 0 Å². The molecule has 146 valence electrons. The van der Waals surface area contributed by atoms with E-state index in [0.29, 0.717) is 24.8 Å². The molecule has 1 aromatic carbocycles. The summed E-state index contributed by atoms with van der Waals surface area (Å²) in [5, 5.41) is 5.62. The second-order valence-electron chi connectivity index (χ2n) is 8.84. The van der Waals surface area contributed by atoms with E-state index in [1.54, 1.807) is 6.92 Å². The lowest BCUT2D eigenvalue weighted by atomic mass is 9.90. The van der Waals surface area contributed by atoms with Crippen molar-refractivity contribution in [3.05, 3.63) is 41.6 Å². The first-order valence-electron chi connectivity index (χ1n) is 9.65. The number of hydrogen-bond donors (Lipinski definition) is 0. The molecule has 0 saturated carbocycles. The zero-order chi connectivity index (χ0) is 20.1. The number of rotatable bonds is 4. The van der Waals surface area contributed by atoms with E-state index in [-0.39, 0.29) is 11.2 Å². The molecule has 1 saturated heterocycles. The van der Waals surface area contributed by atoms with Crippen LogP contribution in [0.3, 0.4) is 0 Å². The monoisotopic (exact) mass is 378 g/mol. The summed E-state index contributed by atoms with van der Waals surface area (Å²) in [6, 6.07) is 4.24. The van der Waals surface area contributed by atoms with Crippen molar-refractivity contribution in [3.63, 3.8) is 0 Å². The lowest BCUT2D eigenvalue weighted by molar-refractivity contribution is 0.00885. The first-order valence-corrected chi connectivity index (χ1v) is 9.65. The van der Waals surface area contributed by atoms with E-state index >= 15 is 0 Å². The van der Waals surface area contributed by atoms with E-state index in [0.717, 1.165) is 34.4 Å². The Morgan fingerprint density at radius 1 is 1.18 bits per heavy atom. The molecule has 1 aliphatic heterocycles. The van der Waals surface area contributed by atoms with Crippen LogP contribution in [-0.2, 0) is 11.3 Å². The summed E-state index contributed by atoms with van der Waals surface area (Å²) >= 11 is 0. The van der Waals surface area contributed by atoms with Gasteiger partial charge in [0, 0.05) is 42.7 Å². The fourth-order valence-electron chi connectivity index (χ4n) is 3.61. The largest absolute Gasteiger partial charge is 0.380 e. The van der Waals surface area contributed by atoms with Crippen LogP contribution in [-0.4, -0.2) is 38.7 Å². The van der Waals surface area contributed by atoms with Gasteiger partial charge in [0.25, 0.3) is 0 Å². The summed E-state index contributed by atoms with van der Waals surface area (Å²) in [5.41, 5.74) is 4.74. The van der Waals surface area contributed by atoms with Crippen LogP contribution in [0.25, 0.3) is 22.0 Å². The second-order valence-corrected chi connectivity index (χ2v) is 8.84. The minimum Gasteiger partial charge on any atom is -0.380 e. The number of aryl methyl sites for hydroxylation is 1. The fourth-order valence-corrected chi connectivity index (χ4v) is 3.61. The Morgan fingerprint density at radius 2 is 1.86 bits per heavy atom. The number of carbonyl (C=O) groups is 1. The molecule has 3 heterocycles. The van der Waals surface area contributed by atoms with Crippen LogP contribution in [0.1, 0.15) is 55.5 Å². The minimum atomic E-state index is -0.0224. The highest BCUT2D eigenvalue weighted by molar-refractivity contribution is 6.06. The maximum atomic E-state index is 12.4. The molecule has 0 radical (unpaired) electrons. The van der Waals surface area contributed by atoms with Crippen LogP contribution in [0, 0.1) is 12.3 Å². The lowest BCUT2D eigenvalue weighted by Crippen LogP contribution is -2.26. The Kier molecular flexibility index (Phi) is 4.54. The third-order valence-electron chi connectivity index (χ3n) is 5.02. The van der Waals surface area contributed by atoms with Crippen molar-refractivity contribution >= 4 is 16.7 Å². The van der Waals surface area contributed by atoms with Crippen molar-refractivity contribution in [2.75, 3.05) is 13.2 Å². The molecule has 1 aliphatic rings. The molecule has 0 bridgehead atoms. The highest BCUT2D eigenvalue weighted by atomic mass is 16.5. The zero-order valence-electron chi connectivity index (χ0n) is 17.1. The van der Waals surface area contributed by atoms with E-state index in [4.69, 9.17) is 9.84 Å². The second kappa shape index (κ2) is 6.78. The average molecular weight is 378 g/mol. The van der Waals surface area contributed by atoms with Crippen LogP contribution in [0.5, 0.6) is 0 Å². The molecule has 6 heteroatoms. The quantitative estimate of drug-likeness (QED) is 0.638. The summed E-state index contributed by atoms with van der Waals surface area (Å²) in [6.07, 6.45) is 3.66. The number of fused-ring (bicyclic) bond motifs is 1. The van der Waals surface area contributed by atoms with Crippen molar-refractivity contribution in [1.82, 2.24) is 19.7 Å². The molecule has 0 atom stereocenters. The van der Waals surface area contributed by atoms with E-state index in [1.807, 2.05) is 24.0 Å². The average Bonchev–Trinajstić information content (AvgIpc) is 2.91. The predicted molar refractivity (Wildman–Crippen MR) is 109 cm³/mol. The van der Waals surface area contributed by atoms with Gasteiger partial charge in [-0.3, -0.25) is 9.48 Å². The lowest BCUT2D eigenvalue weighted by Gasteiger charge is -2.28. The molecule has 0 aliphatic carbocycles. The van der Waals surface area contributed by atoms with E-state index in [9.17, 15) is 4.79 Å². The summed E-state index contributed by atoms with van der Waals surface area (Å²) in [5.74, 6) is 1.02. The number of aromatic nitrogens is 4. The molecule has 2 aromatic heterocycles. The van der Waals surface area contributed by atoms with Gasteiger partial charge in [0.15, 0.2) is 5.78 Å². The summed E-state index contributed by atoms with van der Waals surface area (Å²) in [7, 11) is 0. The number of Topliss-reactive ketones (excluding diaryl/α,β-unsaturated/α-hetero) is 1. The Bertz CT molecular complexity index is 1040. The van der Waals surface area contributed by atoms with Crippen LogP contribution in [0.4, 0.5) is 0 Å².